The zero-order chi connectivity index (χ0) is 16.2. The fourth-order valence-corrected chi connectivity index (χ4v) is 2.94. The van der Waals surface area contributed by atoms with E-state index < -0.39 is 0 Å². The van der Waals surface area contributed by atoms with Gasteiger partial charge in [0.2, 0.25) is 5.91 Å². The lowest BCUT2D eigenvalue weighted by Gasteiger charge is -2.06. The molecule has 8 heteroatoms. The Morgan fingerprint density at radius 3 is 2.96 bits per heavy atom. The molecule has 0 saturated heterocycles. The van der Waals surface area contributed by atoms with E-state index in [1.54, 1.807) is 11.4 Å². The summed E-state index contributed by atoms with van der Waals surface area (Å²) in [4.78, 5) is 16.2. The fraction of sp³-hybridized carbons (Fsp3) is 0.375. The van der Waals surface area contributed by atoms with E-state index >= 15 is 0 Å². The molecule has 1 amide bonds. The smallest absolute Gasteiger partial charge is 0.240 e. The Labute approximate surface area is 150 Å². The van der Waals surface area contributed by atoms with Crippen LogP contribution in [0.5, 0.6) is 5.75 Å². The number of halogens is 2. The van der Waals surface area contributed by atoms with E-state index in [9.17, 15) is 9.18 Å². The van der Waals surface area contributed by atoms with Gasteiger partial charge in [-0.25, -0.2) is 9.37 Å². The van der Waals surface area contributed by atoms with E-state index in [4.69, 9.17) is 4.74 Å². The minimum absolute atomic E-state index is 0. The zero-order valence-electron chi connectivity index (χ0n) is 13.2. The molecular weight excluding hydrogens is 353 g/mol. The van der Waals surface area contributed by atoms with E-state index in [1.807, 2.05) is 0 Å². The highest BCUT2D eigenvalue weighted by Crippen LogP contribution is 2.32. The summed E-state index contributed by atoms with van der Waals surface area (Å²) in [5, 5.41) is 8.14. The third-order valence-corrected chi connectivity index (χ3v) is 4.36. The first-order valence-corrected chi connectivity index (χ1v) is 8.33. The third-order valence-electron chi connectivity index (χ3n) is 3.60. The van der Waals surface area contributed by atoms with Crippen LogP contribution in [-0.4, -0.2) is 31.1 Å². The Kier molecular flexibility index (Phi) is 6.53. The van der Waals surface area contributed by atoms with Crippen LogP contribution in [0.3, 0.4) is 0 Å². The van der Waals surface area contributed by atoms with Gasteiger partial charge in [0, 0.05) is 10.9 Å². The van der Waals surface area contributed by atoms with Gasteiger partial charge in [-0.3, -0.25) is 4.79 Å². The molecule has 1 fully saturated rings. The van der Waals surface area contributed by atoms with Crippen LogP contribution in [-0.2, 0) is 4.79 Å². The number of hydrogen-bond donors (Lipinski definition) is 2. The fourth-order valence-electron chi connectivity index (χ4n) is 2.21. The van der Waals surface area contributed by atoms with Crippen LogP contribution in [0.15, 0.2) is 23.6 Å². The molecule has 0 radical (unpaired) electrons. The molecule has 2 aromatic rings. The van der Waals surface area contributed by atoms with Gasteiger partial charge in [0.25, 0.3) is 0 Å². The average molecular weight is 372 g/mol. The van der Waals surface area contributed by atoms with E-state index in [0.29, 0.717) is 22.1 Å². The van der Waals surface area contributed by atoms with Crippen LogP contribution in [0.1, 0.15) is 12.8 Å². The van der Waals surface area contributed by atoms with E-state index in [0.717, 1.165) is 12.5 Å². The van der Waals surface area contributed by atoms with Crippen molar-refractivity contribution in [2.24, 2.45) is 5.92 Å². The summed E-state index contributed by atoms with van der Waals surface area (Å²) in [5.41, 5.74) is 1.14. The first-order valence-electron chi connectivity index (χ1n) is 7.45. The van der Waals surface area contributed by atoms with Gasteiger partial charge in [-0.15, -0.1) is 23.7 Å². The first kappa shape index (κ1) is 18.6. The summed E-state index contributed by atoms with van der Waals surface area (Å²) in [6.45, 7) is 1.16. The molecule has 1 aromatic carbocycles. The molecule has 130 valence electrons. The van der Waals surface area contributed by atoms with Gasteiger partial charge in [0.05, 0.1) is 19.3 Å². The molecule has 2 N–H and O–H groups in total. The number of carbonyl (C=O) groups excluding carboxylic acids is 1. The number of methoxy groups -OCH3 is 1. The van der Waals surface area contributed by atoms with Crippen molar-refractivity contribution in [3.63, 3.8) is 0 Å². The number of nitrogens with one attached hydrogen (secondary N) is 2. The highest BCUT2D eigenvalue weighted by molar-refractivity contribution is 7.14. The largest absolute Gasteiger partial charge is 0.496 e. The van der Waals surface area contributed by atoms with Gasteiger partial charge in [0.15, 0.2) is 5.13 Å². The molecule has 0 unspecified atom stereocenters. The SMILES string of the molecule is COc1ccc(F)cc1-c1csc(NC(=O)CNCC2CC2)n1.Cl. The van der Waals surface area contributed by atoms with Gasteiger partial charge >= 0.3 is 0 Å². The Morgan fingerprint density at radius 1 is 1.46 bits per heavy atom. The summed E-state index contributed by atoms with van der Waals surface area (Å²) in [6, 6.07) is 4.27. The Hall–Kier alpha value is -1.70. The highest BCUT2D eigenvalue weighted by atomic mass is 35.5. The third kappa shape index (κ3) is 4.90. The molecule has 1 aliphatic rings. The van der Waals surface area contributed by atoms with Gasteiger partial charge in [-0.05, 0) is 43.5 Å². The summed E-state index contributed by atoms with van der Waals surface area (Å²) >= 11 is 1.30. The number of rotatable bonds is 7. The molecule has 0 spiro atoms. The number of aromatic nitrogens is 1. The van der Waals surface area contributed by atoms with Crippen molar-refractivity contribution in [3.05, 3.63) is 29.4 Å². The predicted molar refractivity (Wildman–Crippen MR) is 95.5 cm³/mol. The first-order chi connectivity index (χ1) is 11.2. The van der Waals surface area contributed by atoms with Crippen molar-refractivity contribution in [1.29, 1.82) is 0 Å². The number of carbonyl (C=O) groups is 1. The molecule has 1 heterocycles. The van der Waals surface area contributed by atoms with Gasteiger partial charge in [-0.2, -0.15) is 0 Å². The molecule has 1 saturated carbocycles. The normalized spacial score (nSPS) is 13.2. The van der Waals surface area contributed by atoms with E-state index in [-0.39, 0.29) is 30.7 Å². The van der Waals surface area contributed by atoms with Gasteiger partial charge in [-0.1, -0.05) is 0 Å². The maximum atomic E-state index is 13.4. The Balaban J connectivity index is 0.00000208. The van der Waals surface area contributed by atoms with Crippen LogP contribution in [0, 0.1) is 11.7 Å². The molecule has 24 heavy (non-hydrogen) atoms. The highest BCUT2D eigenvalue weighted by Gasteiger charge is 2.20. The van der Waals surface area contributed by atoms with Crippen LogP contribution < -0.4 is 15.4 Å². The van der Waals surface area contributed by atoms with Crippen LogP contribution in [0.2, 0.25) is 0 Å². The Bertz CT molecular complexity index is 706. The quantitative estimate of drug-likeness (QED) is 0.783. The lowest BCUT2D eigenvalue weighted by Crippen LogP contribution is -2.29. The molecular formula is C16H19ClFN3O2S. The minimum Gasteiger partial charge on any atom is -0.496 e. The second-order valence-corrected chi connectivity index (χ2v) is 6.36. The summed E-state index contributed by atoms with van der Waals surface area (Å²) in [6.07, 6.45) is 2.50. The van der Waals surface area contributed by atoms with Crippen molar-refractivity contribution >= 4 is 34.8 Å². The standard InChI is InChI=1S/C16H18FN3O2S.ClH/c1-22-14-5-4-11(17)6-12(14)13-9-23-16(19-13)20-15(21)8-18-7-10-2-3-10;/h4-6,9-10,18H,2-3,7-8H2,1H3,(H,19,20,21);1H. The number of anilines is 1. The number of benzene rings is 1. The second-order valence-electron chi connectivity index (χ2n) is 5.50. The molecule has 0 bridgehead atoms. The van der Waals surface area contributed by atoms with Crippen molar-refractivity contribution in [1.82, 2.24) is 10.3 Å². The number of thiazole rings is 1. The van der Waals surface area contributed by atoms with Crippen LogP contribution >= 0.6 is 23.7 Å². The lowest BCUT2D eigenvalue weighted by molar-refractivity contribution is -0.115. The van der Waals surface area contributed by atoms with Crippen molar-refractivity contribution in [2.75, 3.05) is 25.5 Å². The molecule has 1 aliphatic carbocycles. The van der Waals surface area contributed by atoms with Crippen LogP contribution in [0.4, 0.5) is 9.52 Å². The monoisotopic (exact) mass is 371 g/mol. The van der Waals surface area contributed by atoms with E-state index in [1.165, 1.54) is 43.4 Å². The average Bonchev–Trinajstić information content (AvgIpc) is 3.24. The second kappa shape index (κ2) is 8.41. The molecule has 5 nitrogen and oxygen atoms in total. The Morgan fingerprint density at radius 2 is 2.25 bits per heavy atom. The van der Waals surface area contributed by atoms with Gasteiger partial charge < -0.3 is 15.4 Å². The lowest BCUT2D eigenvalue weighted by atomic mass is 10.1. The van der Waals surface area contributed by atoms with Gasteiger partial charge in [0.1, 0.15) is 11.6 Å². The summed E-state index contributed by atoms with van der Waals surface area (Å²) in [5.74, 6) is 0.789. The summed E-state index contributed by atoms with van der Waals surface area (Å²) in [7, 11) is 1.53. The van der Waals surface area contributed by atoms with Crippen molar-refractivity contribution in [2.45, 2.75) is 12.8 Å². The molecule has 0 atom stereocenters. The number of ether oxygens (including phenoxy) is 1. The van der Waals surface area contributed by atoms with E-state index in [2.05, 4.69) is 15.6 Å². The van der Waals surface area contributed by atoms with Crippen LogP contribution in [0.25, 0.3) is 11.3 Å². The summed E-state index contributed by atoms with van der Waals surface area (Å²) < 4.78 is 18.7. The minimum atomic E-state index is -0.358. The number of nitrogens with zero attached hydrogens (tertiary/aromatic N) is 1. The molecule has 1 aromatic heterocycles. The van der Waals surface area contributed by atoms with Crippen molar-refractivity contribution in [3.8, 4) is 17.0 Å². The van der Waals surface area contributed by atoms with Crippen molar-refractivity contribution < 1.29 is 13.9 Å². The number of amides is 1. The zero-order valence-corrected chi connectivity index (χ0v) is 14.8. The molecule has 3 rings (SSSR count). The number of hydrogen-bond acceptors (Lipinski definition) is 5. The predicted octanol–water partition coefficient (Wildman–Crippen LogP) is 3.32. The molecule has 0 aliphatic heterocycles. The maximum absolute atomic E-state index is 13.4. The maximum Gasteiger partial charge on any atom is 0.240 e. The topological polar surface area (TPSA) is 63.2 Å².